The zero-order valence-electron chi connectivity index (χ0n) is 20.4. The first-order chi connectivity index (χ1) is 17.5. The number of benzene rings is 2. The summed E-state index contributed by atoms with van der Waals surface area (Å²) in [5.41, 5.74) is 2.56. The van der Waals surface area contributed by atoms with Crippen LogP contribution >= 0.6 is 0 Å². The first-order valence-electron chi connectivity index (χ1n) is 11.2. The molecule has 2 aromatic carbocycles. The van der Waals surface area contributed by atoms with E-state index in [2.05, 4.69) is 16.5 Å². The van der Waals surface area contributed by atoms with E-state index >= 15 is 0 Å². The molecular formula is C27H25N5O4. The lowest BCUT2D eigenvalue weighted by molar-refractivity contribution is -0.111. The monoisotopic (exact) mass is 483 g/mol. The average Bonchev–Trinajstić information content (AvgIpc) is 3.30. The number of rotatable bonds is 8. The van der Waals surface area contributed by atoms with Gasteiger partial charge in [0.15, 0.2) is 23.1 Å². The highest BCUT2D eigenvalue weighted by atomic mass is 16.5. The molecule has 4 aromatic rings. The zero-order valence-corrected chi connectivity index (χ0v) is 20.4. The van der Waals surface area contributed by atoms with Crippen LogP contribution in [0.25, 0.3) is 22.8 Å². The van der Waals surface area contributed by atoms with Gasteiger partial charge in [-0.1, -0.05) is 18.2 Å². The number of carbonyl (C=O) groups excluding carboxylic acids is 1. The number of nitrogens with one attached hydrogen (secondary N) is 1. The molecule has 0 bridgehead atoms. The van der Waals surface area contributed by atoms with Crippen LogP contribution in [-0.4, -0.2) is 41.5 Å². The number of hydrogen-bond donors (Lipinski definition) is 1. The van der Waals surface area contributed by atoms with Crippen LogP contribution in [0.5, 0.6) is 17.2 Å². The molecule has 1 N–H and O–H groups in total. The molecule has 1 amide bonds. The molecule has 0 aliphatic heterocycles. The van der Waals surface area contributed by atoms with Crippen molar-refractivity contribution >= 4 is 28.7 Å². The molecule has 9 nitrogen and oxygen atoms in total. The molecule has 0 radical (unpaired) electrons. The van der Waals surface area contributed by atoms with Crippen molar-refractivity contribution in [3.8, 4) is 29.1 Å². The second-order valence-corrected chi connectivity index (χ2v) is 7.75. The number of aryl methyl sites for hydroxylation is 1. The van der Waals surface area contributed by atoms with Crippen LogP contribution in [-0.2, 0) is 4.79 Å². The number of anilines is 1. The SMILES string of the molecule is CCOc1ccc(/C=C/C(=O)Nc2c(C#N)cnn2-c2cc(C)c3cccc(OC)c3n2)cc1OC. The van der Waals surface area contributed by atoms with Crippen molar-refractivity contribution in [3.63, 3.8) is 0 Å². The van der Waals surface area contributed by atoms with E-state index in [4.69, 9.17) is 19.2 Å². The van der Waals surface area contributed by atoms with E-state index in [-0.39, 0.29) is 11.4 Å². The summed E-state index contributed by atoms with van der Waals surface area (Å²) in [6, 6.07) is 15.0. The minimum absolute atomic E-state index is 0.207. The van der Waals surface area contributed by atoms with Gasteiger partial charge in [0.25, 0.3) is 0 Å². The Morgan fingerprint density at radius 1 is 1.14 bits per heavy atom. The van der Waals surface area contributed by atoms with Crippen LogP contribution in [0.2, 0.25) is 0 Å². The van der Waals surface area contributed by atoms with Gasteiger partial charge in [0.2, 0.25) is 5.91 Å². The van der Waals surface area contributed by atoms with Gasteiger partial charge in [-0.05, 0) is 55.3 Å². The zero-order chi connectivity index (χ0) is 25.7. The molecule has 0 aliphatic rings. The van der Waals surface area contributed by atoms with Crippen molar-refractivity contribution in [2.75, 3.05) is 26.1 Å². The number of ether oxygens (including phenoxy) is 3. The van der Waals surface area contributed by atoms with Crippen LogP contribution in [0.4, 0.5) is 5.82 Å². The third-order valence-electron chi connectivity index (χ3n) is 5.48. The smallest absolute Gasteiger partial charge is 0.249 e. The molecule has 2 aromatic heterocycles. The number of fused-ring (bicyclic) bond motifs is 1. The molecule has 182 valence electrons. The van der Waals surface area contributed by atoms with Crippen molar-refractivity contribution in [2.24, 2.45) is 0 Å². The molecule has 0 fully saturated rings. The van der Waals surface area contributed by atoms with Crippen molar-refractivity contribution in [1.82, 2.24) is 14.8 Å². The Labute approximate surface area is 208 Å². The third kappa shape index (κ3) is 4.83. The van der Waals surface area contributed by atoms with Gasteiger partial charge in [-0.15, -0.1) is 0 Å². The maximum Gasteiger partial charge on any atom is 0.249 e. The van der Waals surface area contributed by atoms with Gasteiger partial charge in [0.05, 0.1) is 27.0 Å². The van der Waals surface area contributed by atoms with Gasteiger partial charge in [-0.25, -0.2) is 4.98 Å². The summed E-state index contributed by atoms with van der Waals surface area (Å²) in [5.74, 6) is 2.04. The third-order valence-corrected chi connectivity index (χ3v) is 5.48. The topological polar surface area (TPSA) is 111 Å². The first kappa shape index (κ1) is 24.3. The van der Waals surface area contributed by atoms with Gasteiger partial charge in [0, 0.05) is 11.5 Å². The highest BCUT2D eigenvalue weighted by Crippen LogP contribution is 2.30. The van der Waals surface area contributed by atoms with Gasteiger partial charge in [-0.3, -0.25) is 4.79 Å². The molecule has 4 rings (SSSR count). The van der Waals surface area contributed by atoms with Crippen molar-refractivity contribution in [2.45, 2.75) is 13.8 Å². The number of aromatic nitrogens is 3. The molecule has 0 saturated heterocycles. The van der Waals surface area contributed by atoms with E-state index in [1.54, 1.807) is 32.4 Å². The fraction of sp³-hybridized carbons (Fsp3) is 0.185. The Balaban J connectivity index is 1.65. The molecule has 9 heteroatoms. The van der Waals surface area contributed by atoms with E-state index in [0.29, 0.717) is 35.2 Å². The van der Waals surface area contributed by atoms with Crippen LogP contribution in [0, 0.1) is 18.3 Å². The van der Waals surface area contributed by atoms with E-state index in [1.165, 1.54) is 17.0 Å². The van der Waals surface area contributed by atoms with Gasteiger partial charge < -0.3 is 19.5 Å². The predicted molar refractivity (Wildman–Crippen MR) is 137 cm³/mol. The summed E-state index contributed by atoms with van der Waals surface area (Å²) in [5, 5.41) is 17.6. The minimum atomic E-state index is -0.434. The maximum atomic E-state index is 12.8. The summed E-state index contributed by atoms with van der Waals surface area (Å²) >= 11 is 0. The van der Waals surface area contributed by atoms with Crippen LogP contribution in [0.3, 0.4) is 0 Å². The average molecular weight is 484 g/mol. The second kappa shape index (κ2) is 10.6. The van der Waals surface area contributed by atoms with Gasteiger partial charge >= 0.3 is 0 Å². The summed E-state index contributed by atoms with van der Waals surface area (Å²) < 4.78 is 17.8. The first-order valence-corrected chi connectivity index (χ1v) is 11.2. The quantitative estimate of drug-likeness (QED) is 0.363. The Morgan fingerprint density at radius 2 is 1.94 bits per heavy atom. The number of amides is 1. The largest absolute Gasteiger partial charge is 0.494 e. The molecule has 0 saturated carbocycles. The predicted octanol–water partition coefficient (Wildman–Crippen LogP) is 4.67. The number of nitriles is 1. The molecule has 2 heterocycles. The van der Waals surface area contributed by atoms with E-state index in [1.807, 2.05) is 44.2 Å². The Morgan fingerprint density at radius 3 is 2.67 bits per heavy atom. The van der Waals surface area contributed by atoms with Crippen molar-refractivity contribution in [3.05, 3.63) is 71.4 Å². The van der Waals surface area contributed by atoms with E-state index in [0.717, 1.165) is 16.5 Å². The molecule has 0 aliphatic carbocycles. The van der Waals surface area contributed by atoms with Crippen LogP contribution in [0.15, 0.2) is 54.7 Å². The lowest BCUT2D eigenvalue weighted by Crippen LogP contribution is -2.14. The number of pyridine rings is 1. The summed E-state index contributed by atoms with van der Waals surface area (Å²) in [6.45, 7) is 4.36. The van der Waals surface area contributed by atoms with Crippen molar-refractivity contribution in [1.29, 1.82) is 5.26 Å². The number of methoxy groups -OCH3 is 2. The normalized spacial score (nSPS) is 10.9. The molecule has 36 heavy (non-hydrogen) atoms. The number of nitrogens with zero attached hydrogens (tertiary/aromatic N) is 4. The highest BCUT2D eigenvalue weighted by molar-refractivity contribution is 6.02. The minimum Gasteiger partial charge on any atom is -0.494 e. The lowest BCUT2D eigenvalue weighted by Gasteiger charge is -2.12. The lowest BCUT2D eigenvalue weighted by atomic mass is 10.1. The number of para-hydroxylation sites is 1. The van der Waals surface area contributed by atoms with Crippen molar-refractivity contribution < 1.29 is 19.0 Å². The Hall–Kier alpha value is -4.84. The molecule has 0 atom stereocenters. The standard InChI is InChI=1S/C27H25N5O4/c1-5-36-21-11-9-18(14-23(21)35-4)10-12-25(33)31-27-19(15-28)16-29-32(27)24-13-17(2)20-7-6-8-22(34-3)26(20)30-24/h6-14,16H,5H2,1-4H3,(H,31,33)/b12-10+. The van der Waals surface area contributed by atoms with E-state index < -0.39 is 5.91 Å². The highest BCUT2D eigenvalue weighted by Gasteiger charge is 2.17. The van der Waals surface area contributed by atoms with Gasteiger partial charge in [-0.2, -0.15) is 15.0 Å². The fourth-order valence-electron chi connectivity index (χ4n) is 3.76. The second-order valence-electron chi connectivity index (χ2n) is 7.75. The number of hydrogen-bond acceptors (Lipinski definition) is 7. The maximum absolute atomic E-state index is 12.8. The molecule has 0 spiro atoms. The summed E-state index contributed by atoms with van der Waals surface area (Å²) in [6.07, 6.45) is 4.40. The Kier molecular flexibility index (Phi) is 7.16. The van der Waals surface area contributed by atoms with Crippen LogP contribution < -0.4 is 19.5 Å². The summed E-state index contributed by atoms with van der Waals surface area (Å²) in [7, 11) is 3.14. The molecular weight excluding hydrogens is 458 g/mol. The van der Waals surface area contributed by atoms with Gasteiger partial charge in [0.1, 0.15) is 22.9 Å². The fourth-order valence-corrected chi connectivity index (χ4v) is 3.76. The summed E-state index contributed by atoms with van der Waals surface area (Å²) in [4.78, 5) is 17.5. The van der Waals surface area contributed by atoms with E-state index in [9.17, 15) is 10.1 Å². The number of carbonyl (C=O) groups is 1. The molecule has 0 unspecified atom stereocenters. The van der Waals surface area contributed by atoms with Crippen LogP contribution in [0.1, 0.15) is 23.6 Å². The Bertz CT molecular complexity index is 1500.